The van der Waals surface area contributed by atoms with E-state index in [1.54, 1.807) is 6.07 Å². The van der Waals surface area contributed by atoms with E-state index in [-0.39, 0.29) is 41.2 Å². The fraction of sp³-hybridized carbons (Fsp3) is 0.300. The molecule has 15 heavy (non-hydrogen) atoms. The fourth-order valence-electron chi connectivity index (χ4n) is 1.10. The van der Waals surface area contributed by atoms with Gasteiger partial charge in [0.2, 0.25) is 0 Å². The van der Waals surface area contributed by atoms with Crippen LogP contribution in [0.3, 0.4) is 0 Å². The average molecular weight is 379 g/mol. The van der Waals surface area contributed by atoms with Crippen LogP contribution < -0.4 is 9.41 Å². The molecule has 0 atom stereocenters. The zero-order chi connectivity index (χ0) is 9.14. The Morgan fingerprint density at radius 2 is 1.73 bits per heavy atom. The third-order valence-corrected chi connectivity index (χ3v) is 2.04. The number of carbonyl (C=O) groups is 1. The van der Waals surface area contributed by atoms with Crippen molar-refractivity contribution in [1.29, 1.82) is 0 Å². The molecule has 84 valence electrons. The molecule has 2 nitrogen and oxygen atoms in total. The molecular weight excluding hydrogens is 367 g/mol. The number of carbonyl (C=O) groups excluding carboxylic acids is 1. The first-order valence-corrected chi connectivity index (χ1v) is 3.87. The van der Waals surface area contributed by atoms with Crippen LogP contribution in [-0.2, 0) is 25.8 Å². The monoisotopic (exact) mass is 380 g/mol. The van der Waals surface area contributed by atoms with Gasteiger partial charge in [0.25, 0.3) is 0 Å². The third kappa shape index (κ3) is 4.64. The van der Waals surface area contributed by atoms with Gasteiger partial charge < -0.3 is 19.5 Å². The molecule has 0 aliphatic carbocycles. The second-order valence-electron chi connectivity index (χ2n) is 2.78. The molecule has 0 unspecified atom stereocenters. The Hall–Kier alpha value is -0.580. The zero-order valence-corrected chi connectivity index (χ0v) is 12.4. The van der Waals surface area contributed by atoms with Crippen LogP contribution in [0.25, 0.3) is 5.32 Å². The van der Waals surface area contributed by atoms with E-state index in [4.69, 9.17) is 0 Å². The van der Waals surface area contributed by atoms with Crippen molar-refractivity contribution in [3.05, 3.63) is 40.2 Å². The Balaban J connectivity index is -0.000000480. The van der Waals surface area contributed by atoms with Gasteiger partial charge in [-0.05, 0) is 25.0 Å². The van der Waals surface area contributed by atoms with E-state index in [0.29, 0.717) is 5.56 Å². The summed E-state index contributed by atoms with van der Waals surface area (Å²) in [5.41, 5.74) is 2.86. The summed E-state index contributed by atoms with van der Waals surface area (Å²) in [4.78, 5) is 11.2. The quantitative estimate of drug-likeness (QED) is 0.466. The number of rotatable bonds is 1. The van der Waals surface area contributed by atoms with Crippen molar-refractivity contribution < 1.29 is 40.0 Å². The molecule has 0 bridgehead atoms. The van der Waals surface area contributed by atoms with Crippen molar-refractivity contribution in [2.45, 2.75) is 13.8 Å². The van der Waals surface area contributed by atoms with E-state index in [1.165, 1.54) is 7.05 Å². The molecular formula is C10H12F2HfNO-3. The number of amides is 1. The molecule has 1 rings (SSSR count). The van der Waals surface area contributed by atoms with Crippen LogP contribution >= 0.6 is 0 Å². The molecule has 0 fully saturated rings. The van der Waals surface area contributed by atoms with Gasteiger partial charge in [-0.25, -0.2) is 0 Å². The number of nitrogens with zero attached hydrogens (tertiary/aromatic N) is 1. The molecule has 0 N–H and O–H groups in total. The summed E-state index contributed by atoms with van der Waals surface area (Å²) in [6, 6.07) is 5.67. The summed E-state index contributed by atoms with van der Waals surface area (Å²) in [5.74, 6) is -0.142. The van der Waals surface area contributed by atoms with E-state index >= 15 is 0 Å². The van der Waals surface area contributed by atoms with Gasteiger partial charge in [0.1, 0.15) is 0 Å². The molecule has 0 saturated heterocycles. The summed E-state index contributed by atoms with van der Waals surface area (Å²) >= 11 is 0. The standard InChI is InChI=1S/C10H13NO.2FH.Hf/c1-7-5-4-6-9(8(7)2)10(12)11-3;;;/h4-6H,1-3H3,(H,11,12);2*1H;/p-3. The van der Waals surface area contributed by atoms with Crippen LogP contribution in [0.4, 0.5) is 0 Å². The van der Waals surface area contributed by atoms with Crippen molar-refractivity contribution in [2.75, 3.05) is 7.05 Å². The van der Waals surface area contributed by atoms with Crippen LogP contribution in [0.2, 0.25) is 0 Å². The van der Waals surface area contributed by atoms with Crippen LogP contribution in [0, 0.1) is 13.8 Å². The minimum absolute atomic E-state index is 0. The van der Waals surface area contributed by atoms with Crippen molar-refractivity contribution in [3.63, 3.8) is 0 Å². The minimum Gasteiger partial charge on any atom is -1.00 e. The van der Waals surface area contributed by atoms with Crippen LogP contribution in [0.1, 0.15) is 21.5 Å². The Kier molecular flexibility index (Phi) is 11.6. The van der Waals surface area contributed by atoms with Gasteiger partial charge >= 0.3 is 0 Å². The van der Waals surface area contributed by atoms with Gasteiger partial charge in [-0.15, -0.1) is 7.05 Å². The number of aryl methyl sites for hydroxylation is 1. The largest absolute Gasteiger partial charge is 1.00 e. The molecule has 5 heteroatoms. The Morgan fingerprint density at radius 1 is 1.20 bits per heavy atom. The van der Waals surface area contributed by atoms with Crippen LogP contribution in [-0.4, -0.2) is 13.0 Å². The van der Waals surface area contributed by atoms with E-state index in [2.05, 4.69) is 5.32 Å². The number of hydrogen-bond acceptors (Lipinski definition) is 1. The van der Waals surface area contributed by atoms with Gasteiger partial charge in [-0.2, -0.15) is 0 Å². The van der Waals surface area contributed by atoms with Gasteiger partial charge in [0.15, 0.2) is 0 Å². The fourth-order valence-corrected chi connectivity index (χ4v) is 1.10. The van der Waals surface area contributed by atoms with E-state index in [9.17, 15) is 4.79 Å². The maximum atomic E-state index is 11.2. The molecule has 0 saturated carbocycles. The number of halogens is 2. The summed E-state index contributed by atoms with van der Waals surface area (Å²) < 4.78 is 0. The SMILES string of the molecule is C[N-]C(=O)c1cccc(C)c1C.[F-].[F-].[Hf]. The predicted molar refractivity (Wildman–Crippen MR) is 49.5 cm³/mol. The first-order valence-electron chi connectivity index (χ1n) is 3.87. The van der Waals surface area contributed by atoms with Crippen molar-refractivity contribution in [1.82, 2.24) is 0 Å². The van der Waals surface area contributed by atoms with Crippen molar-refractivity contribution >= 4 is 5.91 Å². The molecule has 0 spiro atoms. The zero-order valence-electron chi connectivity index (χ0n) is 8.84. The first kappa shape index (κ1) is 19.9. The molecule has 0 aliphatic heterocycles. The second kappa shape index (κ2) is 8.71. The Morgan fingerprint density at radius 3 is 2.20 bits per heavy atom. The number of benzene rings is 1. The predicted octanol–water partition coefficient (Wildman–Crippen LogP) is -3.55. The smallest absolute Gasteiger partial charge is 0.0821 e. The summed E-state index contributed by atoms with van der Waals surface area (Å²) in [6.45, 7) is 3.93. The molecule has 0 aromatic heterocycles. The average Bonchev–Trinajstić information content (AvgIpc) is 2.08. The third-order valence-electron chi connectivity index (χ3n) is 2.04. The Labute approximate surface area is 107 Å². The number of hydrogen-bond donors (Lipinski definition) is 0. The summed E-state index contributed by atoms with van der Waals surface area (Å²) in [5, 5.41) is 3.62. The van der Waals surface area contributed by atoms with Gasteiger partial charge in [0, 0.05) is 31.4 Å². The first-order chi connectivity index (χ1) is 5.66. The van der Waals surface area contributed by atoms with E-state index in [1.807, 2.05) is 26.0 Å². The van der Waals surface area contributed by atoms with Gasteiger partial charge in [-0.3, -0.25) is 0 Å². The van der Waals surface area contributed by atoms with E-state index < -0.39 is 0 Å². The molecule has 1 amide bonds. The van der Waals surface area contributed by atoms with Gasteiger partial charge in [-0.1, -0.05) is 18.2 Å². The molecule has 1 aromatic carbocycles. The Bertz CT molecular complexity index is 318. The van der Waals surface area contributed by atoms with Crippen LogP contribution in [0.5, 0.6) is 0 Å². The summed E-state index contributed by atoms with van der Waals surface area (Å²) in [6.07, 6.45) is 0. The molecule has 0 aliphatic rings. The molecule has 0 radical (unpaired) electrons. The van der Waals surface area contributed by atoms with Crippen molar-refractivity contribution in [2.24, 2.45) is 0 Å². The van der Waals surface area contributed by atoms with Crippen molar-refractivity contribution in [3.8, 4) is 0 Å². The molecule has 1 aromatic rings. The van der Waals surface area contributed by atoms with E-state index in [0.717, 1.165) is 11.1 Å². The minimum atomic E-state index is -0.142. The summed E-state index contributed by atoms with van der Waals surface area (Å²) in [7, 11) is 1.52. The maximum absolute atomic E-state index is 11.2. The van der Waals surface area contributed by atoms with Crippen LogP contribution in [0.15, 0.2) is 18.2 Å². The van der Waals surface area contributed by atoms with Gasteiger partial charge in [0.05, 0.1) is 5.91 Å². The second-order valence-corrected chi connectivity index (χ2v) is 2.78. The topological polar surface area (TPSA) is 31.2 Å². The maximum Gasteiger partial charge on any atom is 0.0821 e. The molecule has 0 heterocycles. The normalized spacial score (nSPS) is 7.67.